The molecule has 0 bridgehead atoms. The van der Waals surface area contributed by atoms with Crippen molar-refractivity contribution in [1.82, 2.24) is 0 Å². The van der Waals surface area contributed by atoms with E-state index in [0.29, 0.717) is 22.2 Å². The third-order valence-electron chi connectivity index (χ3n) is 7.68. The Morgan fingerprint density at radius 3 is 1.43 bits per heavy atom. The first-order chi connectivity index (χ1) is 24.3. The average Bonchev–Trinajstić information content (AvgIpc) is 3.06. The van der Waals surface area contributed by atoms with Crippen LogP contribution in [0.3, 0.4) is 0 Å². The summed E-state index contributed by atoms with van der Waals surface area (Å²) in [6.07, 6.45) is 0. The first-order valence-electron chi connectivity index (χ1n) is 14.4. The van der Waals surface area contributed by atoms with E-state index in [1.165, 1.54) is 30.3 Å². The summed E-state index contributed by atoms with van der Waals surface area (Å²) in [5.41, 5.74) is 12.3. The summed E-state index contributed by atoms with van der Waals surface area (Å²) in [6, 6.07) is 20.8. The Morgan fingerprint density at radius 2 is 0.963 bits per heavy atom. The second kappa shape index (κ2) is 16.0. The van der Waals surface area contributed by atoms with Gasteiger partial charge < -0.3 is 21.7 Å². The number of anilines is 2. The molecule has 9 N–H and O–H groups in total. The van der Waals surface area contributed by atoms with Gasteiger partial charge in [0, 0.05) is 81.3 Å². The maximum absolute atomic E-state index is 12.2. The minimum atomic E-state index is -5.04. The van der Waals surface area contributed by atoms with E-state index in [4.69, 9.17) is 11.5 Å². The van der Waals surface area contributed by atoms with Gasteiger partial charge in [-0.15, -0.1) is 10.2 Å². The molecule has 6 aromatic rings. The molecule has 0 amide bonds. The zero-order valence-corrected chi connectivity index (χ0v) is 34.5. The molecule has 6 rings (SSSR count). The molecule has 0 atom stereocenters. The van der Waals surface area contributed by atoms with E-state index < -0.39 is 67.9 Å². The molecule has 0 unspecified atom stereocenters. The standard InChI is InChI=1S/C32H24N6O11S3.2Na/c33-20-6-1-18-12-26(51(44,45)46)29(31(39)24(18)14-20)37-35-21-7-2-16(3-8-21)17-4-9-22(10-5-17)36-38-30-27(52(47,48)49)13-19-11-23(50(41,42)43)15-25(34)28(19)32(30)40;;/h1-15,39-40H,33-34H2,(H,41,42,43)(H,44,45,46)(H,47,48,49);;. The Balaban J connectivity index is 0.00000325. The Labute approximate surface area is 351 Å². The maximum atomic E-state index is 12.2. The largest absolute Gasteiger partial charge is 0.505 e. The number of hydrogen-bond donors (Lipinski definition) is 7. The molecule has 54 heavy (non-hydrogen) atoms. The van der Waals surface area contributed by atoms with E-state index >= 15 is 0 Å². The van der Waals surface area contributed by atoms with E-state index in [2.05, 4.69) is 20.5 Å². The number of fused-ring (bicyclic) bond motifs is 2. The monoisotopic (exact) mass is 810 g/mol. The molecular weight excluding hydrogens is 787 g/mol. The Morgan fingerprint density at radius 1 is 0.500 bits per heavy atom. The summed E-state index contributed by atoms with van der Waals surface area (Å²) in [6.45, 7) is 0. The number of hydrogen-bond acceptors (Lipinski definition) is 14. The molecule has 0 aromatic heterocycles. The van der Waals surface area contributed by atoms with Crippen LogP contribution in [0.2, 0.25) is 0 Å². The van der Waals surface area contributed by atoms with Crippen molar-refractivity contribution in [2.24, 2.45) is 20.5 Å². The number of rotatable bonds is 8. The number of aromatic hydroxyl groups is 2. The van der Waals surface area contributed by atoms with Crippen LogP contribution in [-0.2, 0) is 30.4 Å². The van der Waals surface area contributed by atoms with Crippen molar-refractivity contribution in [2.45, 2.75) is 14.7 Å². The molecule has 0 aliphatic carbocycles. The number of nitrogens with two attached hydrogens (primary N) is 2. The SMILES string of the molecule is Nc1ccc2cc(S(=O)(=O)O)c(N=Nc3ccc(-c4ccc(N=Nc5c(S(=O)(=O)O)cc6cc(S(=O)(=O)O)cc(N)c6c5O)cc4)cc3)c(O)c2c1.[Na].[Na]. The second-order valence-corrected chi connectivity index (χ2v) is 15.4. The number of nitrogens with zero attached hydrogens (tertiary/aromatic N) is 4. The van der Waals surface area contributed by atoms with Crippen LogP contribution in [-0.4, -0.2) is 108 Å². The van der Waals surface area contributed by atoms with Gasteiger partial charge in [-0.3, -0.25) is 13.7 Å². The van der Waals surface area contributed by atoms with E-state index in [0.717, 1.165) is 24.3 Å². The summed E-state index contributed by atoms with van der Waals surface area (Å²) >= 11 is 0. The first-order valence-corrected chi connectivity index (χ1v) is 18.7. The molecule has 17 nitrogen and oxygen atoms in total. The van der Waals surface area contributed by atoms with E-state index in [1.807, 2.05) is 0 Å². The van der Waals surface area contributed by atoms with Crippen molar-refractivity contribution < 1.29 is 49.1 Å². The van der Waals surface area contributed by atoms with Gasteiger partial charge in [-0.1, -0.05) is 30.3 Å². The number of azo groups is 2. The van der Waals surface area contributed by atoms with Gasteiger partial charge in [0.15, 0.2) is 11.5 Å². The van der Waals surface area contributed by atoms with Crippen molar-refractivity contribution in [3.05, 3.63) is 91.0 Å². The van der Waals surface area contributed by atoms with Crippen LogP contribution in [0.25, 0.3) is 32.7 Å². The summed E-state index contributed by atoms with van der Waals surface area (Å²) < 4.78 is 101. The van der Waals surface area contributed by atoms with Gasteiger partial charge in [-0.25, -0.2) is 0 Å². The van der Waals surface area contributed by atoms with Gasteiger partial charge in [0.25, 0.3) is 30.4 Å². The van der Waals surface area contributed by atoms with Gasteiger partial charge in [-0.05, 0) is 82.6 Å². The van der Waals surface area contributed by atoms with Gasteiger partial charge >= 0.3 is 0 Å². The van der Waals surface area contributed by atoms with Crippen molar-refractivity contribution in [2.75, 3.05) is 11.5 Å². The predicted molar refractivity (Wildman–Crippen MR) is 201 cm³/mol. The molecular formula is C32H24N6Na2O11S3. The molecule has 2 radical (unpaired) electrons. The fraction of sp³-hybridized carbons (Fsp3) is 0. The van der Waals surface area contributed by atoms with Crippen molar-refractivity contribution in [3.63, 3.8) is 0 Å². The molecule has 6 aromatic carbocycles. The third kappa shape index (κ3) is 8.91. The van der Waals surface area contributed by atoms with Crippen molar-refractivity contribution in [1.29, 1.82) is 0 Å². The van der Waals surface area contributed by atoms with Crippen LogP contribution in [0, 0.1) is 0 Å². The normalized spacial score (nSPS) is 12.3. The first kappa shape index (κ1) is 42.7. The minimum Gasteiger partial charge on any atom is -0.505 e. The Bertz CT molecular complexity index is 2860. The zero-order valence-electron chi connectivity index (χ0n) is 28.0. The molecule has 0 fully saturated rings. The Hall–Kier alpha value is -4.03. The molecule has 0 aliphatic heterocycles. The minimum absolute atomic E-state index is 0. The average molecular weight is 811 g/mol. The molecule has 0 aliphatic rings. The molecule has 0 saturated heterocycles. The quantitative estimate of drug-likeness (QED) is 0.0399. The molecule has 0 saturated carbocycles. The summed E-state index contributed by atoms with van der Waals surface area (Å²) in [7, 11) is -14.6. The van der Waals surface area contributed by atoms with E-state index in [-0.39, 0.29) is 92.3 Å². The van der Waals surface area contributed by atoms with Crippen LogP contribution < -0.4 is 11.5 Å². The summed E-state index contributed by atoms with van der Waals surface area (Å²) in [5, 5.41) is 37.4. The zero-order chi connectivity index (χ0) is 37.7. The van der Waals surface area contributed by atoms with E-state index in [1.54, 1.807) is 36.4 Å². The molecule has 22 heteroatoms. The smallest absolute Gasteiger partial charge is 0.296 e. The van der Waals surface area contributed by atoms with Gasteiger partial charge in [0.05, 0.1) is 16.3 Å². The van der Waals surface area contributed by atoms with Crippen LogP contribution >= 0.6 is 0 Å². The van der Waals surface area contributed by atoms with Gasteiger partial charge in [-0.2, -0.15) is 35.5 Å². The predicted octanol–water partition coefficient (Wildman–Crippen LogP) is 6.04. The number of nitrogen functional groups attached to an aromatic ring is 2. The third-order valence-corrected chi connectivity index (χ3v) is 10.2. The summed E-state index contributed by atoms with van der Waals surface area (Å²) in [4.78, 5) is -2.23. The van der Waals surface area contributed by atoms with E-state index in [9.17, 15) is 49.1 Å². The number of benzene rings is 6. The van der Waals surface area contributed by atoms with Gasteiger partial charge in [0.2, 0.25) is 0 Å². The van der Waals surface area contributed by atoms with Crippen LogP contribution in [0.5, 0.6) is 11.5 Å². The molecule has 0 heterocycles. The van der Waals surface area contributed by atoms with Crippen molar-refractivity contribution >= 4 is 145 Å². The van der Waals surface area contributed by atoms with Crippen LogP contribution in [0.4, 0.5) is 34.1 Å². The number of phenols is 2. The van der Waals surface area contributed by atoms with Crippen LogP contribution in [0.1, 0.15) is 0 Å². The molecule has 0 spiro atoms. The number of phenolic OH excluding ortho intramolecular Hbond substituents is 2. The van der Waals surface area contributed by atoms with Crippen molar-refractivity contribution in [3.8, 4) is 22.6 Å². The maximum Gasteiger partial charge on any atom is 0.296 e. The van der Waals surface area contributed by atoms with Gasteiger partial charge in [0.1, 0.15) is 21.2 Å². The second-order valence-electron chi connectivity index (χ2n) is 11.2. The summed E-state index contributed by atoms with van der Waals surface area (Å²) in [5.74, 6) is -1.37. The topological polar surface area (TPSA) is 305 Å². The Kier molecular flexibility index (Phi) is 12.6. The molecule has 268 valence electrons. The fourth-order valence-electron chi connectivity index (χ4n) is 5.24. The fourth-order valence-corrected chi connectivity index (χ4v) is 7.11. The van der Waals surface area contributed by atoms with Crippen LogP contribution in [0.15, 0.2) is 126 Å².